The van der Waals surface area contributed by atoms with Crippen LogP contribution in [-0.4, -0.2) is 59.6 Å². The van der Waals surface area contributed by atoms with E-state index in [0.29, 0.717) is 6.61 Å². The summed E-state index contributed by atoms with van der Waals surface area (Å²) in [5, 5.41) is 28.8. The van der Waals surface area contributed by atoms with Gasteiger partial charge in [-0.2, -0.15) is 0 Å². The molecule has 1 heterocycles. The fraction of sp³-hybridized carbons (Fsp3) is 0.909. The van der Waals surface area contributed by atoms with E-state index in [1.807, 2.05) is 0 Å². The highest BCUT2D eigenvalue weighted by atomic mass is 16.6. The van der Waals surface area contributed by atoms with Crippen molar-refractivity contribution in [3.05, 3.63) is 12.2 Å². The predicted octanol–water partition coefficient (Wildman–Crippen LogP) is 3.74. The fourth-order valence-electron chi connectivity index (χ4n) is 3.52. The van der Waals surface area contributed by atoms with Gasteiger partial charge in [0.1, 0.15) is 24.4 Å². The van der Waals surface area contributed by atoms with Crippen LogP contribution in [0, 0.1) is 0 Å². The van der Waals surface area contributed by atoms with E-state index in [2.05, 4.69) is 19.1 Å². The standard InChI is InChI=1S/C22H42O5/c1-2-3-4-5-6-7-8-9-10-11-12-13-14-15-16-26-20-18-27-19(17-23)21(24)22(20)25/h2-3,19-25H,4-18H2,1H3/b3-2+/t19-,20+,21-,22-/m0/s1. The molecule has 1 saturated heterocycles. The first-order valence-electron chi connectivity index (χ1n) is 11.0. The van der Waals surface area contributed by atoms with Crippen LogP contribution in [-0.2, 0) is 9.47 Å². The Kier molecular flexibility index (Phi) is 15.0. The average molecular weight is 387 g/mol. The maximum Gasteiger partial charge on any atom is 0.111 e. The molecule has 4 atom stereocenters. The van der Waals surface area contributed by atoms with Crippen LogP contribution in [0.5, 0.6) is 0 Å². The van der Waals surface area contributed by atoms with Crippen LogP contribution < -0.4 is 0 Å². The third-order valence-electron chi connectivity index (χ3n) is 5.35. The molecule has 0 aromatic heterocycles. The molecule has 0 aromatic carbocycles. The molecule has 3 N–H and O–H groups in total. The van der Waals surface area contributed by atoms with Crippen LogP contribution in [0.25, 0.3) is 0 Å². The molecule has 0 radical (unpaired) electrons. The number of rotatable bonds is 16. The van der Waals surface area contributed by atoms with Crippen molar-refractivity contribution in [3.8, 4) is 0 Å². The molecular formula is C22H42O5. The zero-order valence-corrected chi connectivity index (χ0v) is 17.2. The minimum atomic E-state index is -1.08. The van der Waals surface area contributed by atoms with Crippen LogP contribution in [0.4, 0.5) is 0 Å². The Balaban J connectivity index is 1.84. The minimum Gasteiger partial charge on any atom is -0.394 e. The summed E-state index contributed by atoms with van der Waals surface area (Å²) >= 11 is 0. The van der Waals surface area contributed by atoms with Crippen molar-refractivity contribution < 1.29 is 24.8 Å². The third kappa shape index (κ3) is 11.2. The Morgan fingerprint density at radius 1 is 0.852 bits per heavy atom. The first kappa shape index (κ1) is 24.6. The lowest BCUT2D eigenvalue weighted by atomic mass is 10.0. The SMILES string of the molecule is C/C=C/CCCCCCCCCCCCCO[C@@H]1CO[C@@H](CO)[C@H](O)[C@H]1O. The molecule has 0 spiro atoms. The van der Waals surface area contributed by atoms with Gasteiger partial charge in [0.15, 0.2) is 0 Å². The Bertz CT molecular complexity index is 361. The molecular weight excluding hydrogens is 344 g/mol. The molecule has 1 fully saturated rings. The highest BCUT2D eigenvalue weighted by Gasteiger charge is 2.38. The molecule has 1 rings (SSSR count). The summed E-state index contributed by atoms with van der Waals surface area (Å²) in [4.78, 5) is 0. The van der Waals surface area contributed by atoms with E-state index in [1.165, 1.54) is 64.2 Å². The predicted molar refractivity (Wildman–Crippen MR) is 109 cm³/mol. The summed E-state index contributed by atoms with van der Waals surface area (Å²) in [6, 6.07) is 0. The lowest BCUT2D eigenvalue weighted by Gasteiger charge is -2.36. The number of allylic oxidation sites excluding steroid dienone is 2. The van der Waals surface area contributed by atoms with Gasteiger partial charge in [-0.3, -0.25) is 0 Å². The van der Waals surface area contributed by atoms with Crippen molar-refractivity contribution in [3.63, 3.8) is 0 Å². The molecule has 160 valence electrons. The molecule has 1 aliphatic rings. The van der Waals surface area contributed by atoms with Crippen LogP contribution in [0.15, 0.2) is 12.2 Å². The van der Waals surface area contributed by atoms with Crippen LogP contribution in [0.1, 0.15) is 84.0 Å². The average Bonchev–Trinajstić information content (AvgIpc) is 2.68. The molecule has 5 nitrogen and oxygen atoms in total. The van der Waals surface area contributed by atoms with Gasteiger partial charge in [-0.1, -0.05) is 69.9 Å². The highest BCUT2D eigenvalue weighted by Crippen LogP contribution is 2.18. The normalized spacial score (nSPS) is 26.1. The van der Waals surface area contributed by atoms with Gasteiger partial charge in [0.2, 0.25) is 0 Å². The molecule has 0 aromatic rings. The number of hydrogen-bond acceptors (Lipinski definition) is 5. The van der Waals surface area contributed by atoms with Gasteiger partial charge < -0.3 is 24.8 Å². The minimum absolute atomic E-state index is 0.221. The van der Waals surface area contributed by atoms with E-state index >= 15 is 0 Å². The Hall–Kier alpha value is -0.460. The van der Waals surface area contributed by atoms with Gasteiger partial charge in [-0.25, -0.2) is 0 Å². The second kappa shape index (κ2) is 16.5. The summed E-state index contributed by atoms with van der Waals surface area (Å²) in [6.07, 6.45) is 16.4. The lowest BCUT2D eigenvalue weighted by molar-refractivity contribution is -0.208. The van der Waals surface area contributed by atoms with Gasteiger partial charge >= 0.3 is 0 Å². The van der Waals surface area contributed by atoms with Crippen molar-refractivity contribution in [1.82, 2.24) is 0 Å². The lowest BCUT2D eigenvalue weighted by Crippen LogP contribution is -2.55. The summed E-state index contributed by atoms with van der Waals surface area (Å²) in [5.41, 5.74) is 0. The summed E-state index contributed by atoms with van der Waals surface area (Å²) in [5.74, 6) is 0. The Morgan fingerprint density at radius 3 is 1.96 bits per heavy atom. The van der Waals surface area contributed by atoms with E-state index in [9.17, 15) is 10.2 Å². The number of aliphatic hydroxyl groups is 3. The molecule has 0 bridgehead atoms. The molecule has 27 heavy (non-hydrogen) atoms. The van der Waals surface area contributed by atoms with Gasteiger partial charge in [-0.15, -0.1) is 0 Å². The van der Waals surface area contributed by atoms with Gasteiger partial charge in [0.05, 0.1) is 13.2 Å². The zero-order chi connectivity index (χ0) is 19.7. The topological polar surface area (TPSA) is 79.2 Å². The summed E-state index contributed by atoms with van der Waals surface area (Å²) in [6.45, 7) is 2.59. The van der Waals surface area contributed by atoms with Crippen molar-refractivity contribution in [2.45, 2.75) is 108 Å². The van der Waals surface area contributed by atoms with E-state index in [4.69, 9.17) is 14.6 Å². The van der Waals surface area contributed by atoms with Gasteiger partial charge in [0.25, 0.3) is 0 Å². The number of unbranched alkanes of at least 4 members (excludes halogenated alkanes) is 11. The van der Waals surface area contributed by atoms with E-state index in [0.717, 1.165) is 12.8 Å². The van der Waals surface area contributed by atoms with E-state index < -0.39 is 24.4 Å². The van der Waals surface area contributed by atoms with Crippen molar-refractivity contribution >= 4 is 0 Å². The maximum absolute atomic E-state index is 9.99. The zero-order valence-electron chi connectivity index (χ0n) is 17.2. The molecule has 0 amide bonds. The van der Waals surface area contributed by atoms with Crippen molar-refractivity contribution in [1.29, 1.82) is 0 Å². The number of hydrogen-bond donors (Lipinski definition) is 3. The number of aliphatic hydroxyl groups excluding tert-OH is 3. The second-order valence-corrected chi connectivity index (χ2v) is 7.69. The number of ether oxygens (including phenoxy) is 2. The van der Waals surface area contributed by atoms with Gasteiger partial charge in [-0.05, 0) is 26.2 Å². The van der Waals surface area contributed by atoms with E-state index in [-0.39, 0.29) is 13.2 Å². The Morgan fingerprint density at radius 2 is 1.41 bits per heavy atom. The molecule has 1 aliphatic heterocycles. The second-order valence-electron chi connectivity index (χ2n) is 7.69. The molecule has 5 heteroatoms. The summed E-state index contributed by atoms with van der Waals surface area (Å²) in [7, 11) is 0. The monoisotopic (exact) mass is 386 g/mol. The smallest absolute Gasteiger partial charge is 0.111 e. The van der Waals surface area contributed by atoms with Gasteiger partial charge in [0, 0.05) is 6.61 Å². The van der Waals surface area contributed by atoms with Crippen molar-refractivity contribution in [2.75, 3.05) is 19.8 Å². The van der Waals surface area contributed by atoms with Crippen LogP contribution in [0.2, 0.25) is 0 Å². The summed E-state index contributed by atoms with van der Waals surface area (Å²) < 4.78 is 11.0. The maximum atomic E-state index is 9.99. The highest BCUT2D eigenvalue weighted by molar-refractivity contribution is 4.87. The van der Waals surface area contributed by atoms with Crippen LogP contribution >= 0.6 is 0 Å². The molecule has 0 unspecified atom stereocenters. The van der Waals surface area contributed by atoms with E-state index in [1.54, 1.807) is 0 Å². The Labute approximate surface area is 165 Å². The fourth-order valence-corrected chi connectivity index (χ4v) is 3.52. The quantitative estimate of drug-likeness (QED) is 0.278. The molecule has 0 saturated carbocycles. The van der Waals surface area contributed by atoms with Crippen LogP contribution in [0.3, 0.4) is 0 Å². The first-order valence-corrected chi connectivity index (χ1v) is 11.0. The van der Waals surface area contributed by atoms with Crippen molar-refractivity contribution in [2.24, 2.45) is 0 Å². The largest absolute Gasteiger partial charge is 0.394 e. The third-order valence-corrected chi connectivity index (χ3v) is 5.35. The first-order chi connectivity index (χ1) is 13.2. The molecule has 0 aliphatic carbocycles.